The van der Waals surface area contributed by atoms with Gasteiger partial charge in [-0.1, -0.05) is 63.3 Å². The molecule has 0 saturated carbocycles. The molecule has 12 nitrogen and oxygen atoms in total. The van der Waals surface area contributed by atoms with Gasteiger partial charge in [-0.15, -0.1) is 0 Å². The Bertz CT molecular complexity index is 1070. The average Bonchev–Trinajstić information content (AvgIpc) is 2.95. The molecule has 0 aromatic carbocycles. The monoisotopic (exact) mass is 609 g/mol. The first-order valence-electron chi connectivity index (χ1n) is 14.5. The first kappa shape index (κ1) is 35.1. The van der Waals surface area contributed by atoms with Crippen LogP contribution < -0.4 is 5.32 Å². The van der Waals surface area contributed by atoms with E-state index in [1.165, 1.54) is 13.2 Å². The highest BCUT2D eigenvalue weighted by Gasteiger charge is 2.57. The van der Waals surface area contributed by atoms with E-state index in [0.717, 1.165) is 11.6 Å². The predicted molar refractivity (Wildman–Crippen MR) is 156 cm³/mol. The van der Waals surface area contributed by atoms with E-state index in [9.17, 15) is 19.8 Å². The van der Waals surface area contributed by atoms with E-state index in [-0.39, 0.29) is 31.7 Å². The van der Waals surface area contributed by atoms with Crippen molar-refractivity contribution in [3.8, 4) is 0 Å². The molecule has 3 saturated heterocycles. The van der Waals surface area contributed by atoms with Gasteiger partial charge < -0.3 is 49.1 Å². The van der Waals surface area contributed by atoms with Gasteiger partial charge in [0.2, 0.25) is 5.79 Å². The van der Waals surface area contributed by atoms with Crippen LogP contribution >= 0.6 is 0 Å². The number of rotatable bonds is 12. The van der Waals surface area contributed by atoms with Crippen molar-refractivity contribution in [3.63, 3.8) is 0 Å². The number of carbonyl (C=O) groups is 2. The van der Waals surface area contributed by atoms with Crippen molar-refractivity contribution < 1.29 is 53.3 Å². The highest BCUT2D eigenvalue weighted by atomic mass is 16.7. The van der Waals surface area contributed by atoms with Gasteiger partial charge in [0.15, 0.2) is 12.3 Å². The van der Waals surface area contributed by atoms with Crippen LogP contribution in [-0.2, 0) is 38.0 Å². The van der Waals surface area contributed by atoms with Gasteiger partial charge >= 0.3 is 5.97 Å². The van der Waals surface area contributed by atoms with E-state index in [2.05, 4.69) is 11.9 Å². The van der Waals surface area contributed by atoms with Gasteiger partial charge in [0.1, 0.15) is 19.0 Å². The summed E-state index contributed by atoms with van der Waals surface area (Å²) < 4.78 is 35.6. The number of aliphatic hydroxyl groups excluding tert-OH is 2. The minimum Gasteiger partial charge on any atom is -0.478 e. The second kappa shape index (κ2) is 15.0. The maximum absolute atomic E-state index is 13.4. The molecule has 12 heteroatoms. The zero-order valence-corrected chi connectivity index (χ0v) is 25.8. The number of amides is 1. The van der Waals surface area contributed by atoms with Crippen LogP contribution in [0.3, 0.4) is 0 Å². The SMILES string of the molecule is C=C1CC(OC)(C(O)C(=O)NC2OCOC3C2OC(CC(O)CC=CC=CC=CC(=O)O)C(C)(C)C3OC)OC(C)C1C. The van der Waals surface area contributed by atoms with Crippen molar-refractivity contribution in [2.24, 2.45) is 11.3 Å². The van der Waals surface area contributed by atoms with Gasteiger partial charge in [0.05, 0.1) is 24.4 Å². The van der Waals surface area contributed by atoms with Gasteiger partial charge in [-0.25, -0.2) is 4.79 Å². The molecule has 10 unspecified atom stereocenters. The normalized spacial score (nSPS) is 36.1. The summed E-state index contributed by atoms with van der Waals surface area (Å²) in [4.78, 5) is 23.9. The van der Waals surface area contributed by atoms with Crippen molar-refractivity contribution in [1.82, 2.24) is 5.32 Å². The Morgan fingerprint density at radius 3 is 2.44 bits per heavy atom. The Hall–Kier alpha value is -2.42. The van der Waals surface area contributed by atoms with E-state index in [4.69, 9.17) is 33.5 Å². The second-order valence-corrected chi connectivity index (χ2v) is 11.9. The summed E-state index contributed by atoms with van der Waals surface area (Å²) >= 11 is 0. The number of nitrogens with one attached hydrogen (secondary N) is 1. The lowest BCUT2D eigenvalue weighted by molar-refractivity contribution is -0.332. The molecule has 3 aliphatic heterocycles. The average molecular weight is 610 g/mol. The van der Waals surface area contributed by atoms with Crippen LogP contribution in [0.2, 0.25) is 0 Å². The van der Waals surface area contributed by atoms with Crippen molar-refractivity contribution in [3.05, 3.63) is 48.6 Å². The molecule has 3 aliphatic rings. The van der Waals surface area contributed by atoms with Gasteiger partial charge in [0, 0.05) is 44.5 Å². The highest BCUT2D eigenvalue weighted by Crippen LogP contribution is 2.44. The molecule has 4 N–H and O–H groups in total. The van der Waals surface area contributed by atoms with Crippen molar-refractivity contribution in [1.29, 1.82) is 0 Å². The second-order valence-electron chi connectivity index (χ2n) is 11.9. The summed E-state index contributed by atoms with van der Waals surface area (Å²) in [5.74, 6) is -3.37. The van der Waals surface area contributed by atoms with Crippen LogP contribution in [0.15, 0.2) is 48.6 Å². The standard InChI is InChI=1S/C31H47NO11/c1-18-16-31(39-7,43-20(3)19(18)2)26(36)28(37)32-29-25-24(40-17-41-29)27(38-6)30(4,5)22(42-25)15-21(33)13-11-9-8-10-12-14-23(34)35/h8-12,14,19-22,24-27,29,33,36H,1,13,15-17H2,2-7H3,(H,32,37)(H,34,35). The van der Waals surface area contributed by atoms with Crippen LogP contribution in [0, 0.1) is 11.3 Å². The smallest absolute Gasteiger partial charge is 0.328 e. The van der Waals surface area contributed by atoms with Gasteiger partial charge in [0.25, 0.3) is 5.91 Å². The molecule has 0 aromatic heterocycles. The Labute approximate surface area is 253 Å². The molecule has 3 fully saturated rings. The fourth-order valence-corrected chi connectivity index (χ4v) is 5.86. The minimum absolute atomic E-state index is 0.0308. The Balaban J connectivity index is 1.71. The van der Waals surface area contributed by atoms with E-state index in [0.29, 0.717) is 6.42 Å². The Morgan fingerprint density at radius 1 is 1.12 bits per heavy atom. The fourth-order valence-electron chi connectivity index (χ4n) is 5.86. The molecule has 10 atom stereocenters. The molecular formula is C31H47NO11. The number of allylic oxidation sites excluding steroid dienone is 4. The van der Waals surface area contributed by atoms with E-state index < -0.39 is 65.9 Å². The minimum atomic E-state index is -1.69. The summed E-state index contributed by atoms with van der Waals surface area (Å²) in [5, 5.41) is 33.3. The number of carboxylic acids is 1. The van der Waals surface area contributed by atoms with E-state index >= 15 is 0 Å². The largest absolute Gasteiger partial charge is 0.478 e. The fraction of sp³-hybridized carbons (Fsp3) is 0.677. The molecule has 1 amide bonds. The van der Waals surface area contributed by atoms with Gasteiger partial charge in [-0.2, -0.15) is 0 Å². The molecule has 0 radical (unpaired) electrons. The van der Waals surface area contributed by atoms with Crippen LogP contribution in [0.1, 0.15) is 47.0 Å². The predicted octanol–water partition coefficient (Wildman–Crippen LogP) is 2.21. The Kier molecular flexibility index (Phi) is 12.3. The van der Waals surface area contributed by atoms with Crippen molar-refractivity contribution in [2.75, 3.05) is 21.0 Å². The van der Waals surface area contributed by atoms with Crippen LogP contribution in [0.4, 0.5) is 0 Å². The summed E-state index contributed by atoms with van der Waals surface area (Å²) in [6, 6.07) is 0. The molecule has 242 valence electrons. The van der Waals surface area contributed by atoms with Crippen LogP contribution in [0.5, 0.6) is 0 Å². The van der Waals surface area contributed by atoms with Gasteiger partial charge in [-0.3, -0.25) is 4.79 Å². The molecule has 0 aliphatic carbocycles. The summed E-state index contributed by atoms with van der Waals surface area (Å²) in [7, 11) is 2.95. The molecular weight excluding hydrogens is 562 g/mol. The van der Waals surface area contributed by atoms with Crippen molar-refractivity contribution >= 4 is 11.9 Å². The summed E-state index contributed by atoms with van der Waals surface area (Å²) in [6.45, 7) is 11.7. The maximum atomic E-state index is 13.4. The van der Waals surface area contributed by atoms with Crippen LogP contribution in [-0.4, -0.2) is 103 Å². The first-order valence-corrected chi connectivity index (χ1v) is 14.5. The quantitative estimate of drug-likeness (QED) is 0.146. The van der Waals surface area contributed by atoms with Crippen LogP contribution in [0.25, 0.3) is 0 Å². The maximum Gasteiger partial charge on any atom is 0.328 e. The molecule has 3 heterocycles. The zero-order chi connectivity index (χ0) is 31.9. The van der Waals surface area contributed by atoms with Crippen molar-refractivity contribution in [2.45, 2.75) is 102 Å². The molecule has 0 aromatic rings. The lowest BCUT2D eigenvalue weighted by atomic mass is 9.72. The number of carboxylic acid groups (broad SMARTS) is 1. The third kappa shape index (κ3) is 8.20. The van der Waals surface area contributed by atoms with E-state index in [1.54, 1.807) is 31.4 Å². The number of ether oxygens (including phenoxy) is 6. The molecule has 3 rings (SSSR count). The number of aliphatic carboxylic acids is 1. The molecule has 43 heavy (non-hydrogen) atoms. The lowest BCUT2D eigenvalue weighted by Crippen LogP contribution is -2.69. The zero-order valence-electron chi connectivity index (χ0n) is 25.8. The summed E-state index contributed by atoms with van der Waals surface area (Å²) in [5.41, 5.74) is 0.217. The number of aliphatic hydroxyl groups is 2. The number of methoxy groups -OCH3 is 2. The number of hydrogen-bond acceptors (Lipinski definition) is 10. The number of carbonyl (C=O) groups excluding carboxylic acids is 1. The van der Waals surface area contributed by atoms with E-state index in [1.807, 2.05) is 27.7 Å². The Morgan fingerprint density at radius 2 is 1.81 bits per heavy atom. The third-order valence-corrected chi connectivity index (χ3v) is 8.67. The highest BCUT2D eigenvalue weighted by molar-refractivity contribution is 5.82. The molecule has 0 spiro atoms. The third-order valence-electron chi connectivity index (χ3n) is 8.67. The molecule has 0 bridgehead atoms. The number of hydrogen-bond donors (Lipinski definition) is 4. The number of fused-ring (bicyclic) bond motifs is 1. The summed E-state index contributed by atoms with van der Waals surface area (Å²) in [6.07, 6.45) is 3.73. The lowest BCUT2D eigenvalue weighted by Gasteiger charge is -2.54. The first-order chi connectivity index (χ1) is 20.3. The van der Waals surface area contributed by atoms with Gasteiger partial charge in [-0.05, 0) is 13.3 Å². The topological polar surface area (TPSA) is 162 Å².